The Hall–Kier alpha value is -0.160. The summed E-state index contributed by atoms with van der Waals surface area (Å²) in [6, 6.07) is 0.731. The predicted molar refractivity (Wildman–Crippen MR) is 59.3 cm³/mol. The molecule has 0 aromatic carbocycles. The van der Waals surface area contributed by atoms with Crippen molar-refractivity contribution in [3.05, 3.63) is 0 Å². The van der Waals surface area contributed by atoms with Crippen molar-refractivity contribution < 1.29 is 14.2 Å². The van der Waals surface area contributed by atoms with Crippen LogP contribution in [-0.4, -0.2) is 44.3 Å². The molecule has 16 heavy (non-hydrogen) atoms. The molecule has 3 rings (SSSR count). The Morgan fingerprint density at radius 3 is 2.69 bits per heavy atom. The maximum absolute atomic E-state index is 6.04. The van der Waals surface area contributed by atoms with E-state index in [4.69, 9.17) is 14.2 Å². The van der Waals surface area contributed by atoms with Gasteiger partial charge < -0.3 is 19.5 Å². The van der Waals surface area contributed by atoms with Crippen LogP contribution in [0.5, 0.6) is 0 Å². The molecule has 3 fully saturated rings. The average Bonchev–Trinajstić information content (AvgIpc) is 2.61. The summed E-state index contributed by atoms with van der Waals surface area (Å²) in [7, 11) is 0. The lowest BCUT2D eigenvalue weighted by atomic mass is 9.93. The van der Waals surface area contributed by atoms with Crippen LogP contribution in [0.1, 0.15) is 32.1 Å². The second-order valence-corrected chi connectivity index (χ2v) is 5.11. The largest absolute Gasteiger partial charge is 0.381 e. The molecule has 1 aliphatic carbocycles. The molecular formula is C12H21NO3. The van der Waals surface area contributed by atoms with E-state index in [0.717, 1.165) is 45.2 Å². The number of ether oxygens (including phenoxy) is 3. The molecule has 1 unspecified atom stereocenters. The molecule has 4 nitrogen and oxygen atoms in total. The monoisotopic (exact) mass is 227 g/mol. The van der Waals surface area contributed by atoms with Gasteiger partial charge >= 0.3 is 0 Å². The quantitative estimate of drug-likeness (QED) is 0.782. The molecule has 0 aromatic rings. The van der Waals surface area contributed by atoms with E-state index in [0.29, 0.717) is 0 Å². The molecule has 1 saturated carbocycles. The lowest BCUT2D eigenvalue weighted by Gasteiger charge is -2.32. The summed E-state index contributed by atoms with van der Waals surface area (Å²) in [6.45, 7) is 3.21. The Morgan fingerprint density at radius 2 is 2.00 bits per heavy atom. The minimum Gasteiger partial charge on any atom is -0.381 e. The molecule has 0 amide bonds. The van der Waals surface area contributed by atoms with Crippen LogP contribution in [0.2, 0.25) is 0 Å². The van der Waals surface area contributed by atoms with E-state index >= 15 is 0 Å². The Kier molecular flexibility index (Phi) is 3.16. The van der Waals surface area contributed by atoms with E-state index < -0.39 is 0 Å². The molecule has 1 N–H and O–H groups in total. The summed E-state index contributed by atoms with van der Waals surface area (Å²) in [6.07, 6.45) is 6.03. The van der Waals surface area contributed by atoms with Gasteiger partial charge in [0.15, 0.2) is 5.79 Å². The molecule has 2 saturated heterocycles. The van der Waals surface area contributed by atoms with Crippen molar-refractivity contribution >= 4 is 0 Å². The van der Waals surface area contributed by atoms with Crippen LogP contribution < -0.4 is 5.32 Å². The zero-order chi connectivity index (χ0) is 10.8. The summed E-state index contributed by atoms with van der Waals surface area (Å²) in [5.41, 5.74) is 0. The molecule has 0 radical (unpaired) electrons. The van der Waals surface area contributed by atoms with E-state index in [9.17, 15) is 0 Å². The van der Waals surface area contributed by atoms with Crippen LogP contribution in [-0.2, 0) is 14.2 Å². The number of nitrogens with one attached hydrogen (secondary N) is 1. The van der Waals surface area contributed by atoms with Gasteiger partial charge in [0.1, 0.15) is 0 Å². The minimum absolute atomic E-state index is 0.235. The summed E-state index contributed by atoms with van der Waals surface area (Å²) in [5.74, 6) is -0.315. The SMILES string of the molecule is C1CC(NCC2COC3(CCOCC3)O2)C1. The molecule has 3 aliphatic rings. The van der Waals surface area contributed by atoms with Crippen LogP contribution in [0.15, 0.2) is 0 Å². The van der Waals surface area contributed by atoms with Crippen molar-refractivity contribution in [2.45, 2.75) is 50.0 Å². The van der Waals surface area contributed by atoms with Crippen molar-refractivity contribution in [1.29, 1.82) is 0 Å². The zero-order valence-corrected chi connectivity index (χ0v) is 9.74. The summed E-state index contributed by atoms with van der Waals surface area (Å²) >= 11 is 0. The fraction of sp³-hybridized carbons (Fsp3) is 1.00. The third-order valence-electron chi connectivity index (χ3n) is 3.91. The van der Waals surface area contributed by atoms with Gasteiger partial charge in [0.2, 0.25) is 0 Å². The fourth-order valence-electron chi connectivity index (χ4n) is 2.57. The number of hydrogen-bond acceptors (Lipinski definition) is 4. The maximum atomic E-state index is 6.04. The van der Waals surface area contributed by atoms with Crippen LogP contribution in [0.4, 0.5) is 0 Å². The highest BCUT2D eigenvalue weighted by Crippen LogP contribution is 2.33. The molecule has 1 atom stereocenters. The van der Waals surface area contributed by atoms with Gasteiger partial charge in [0.05, 0.1) is 25.9 Å². The van der Waals surface area contributed by atoms with Gasteiger partial charge in [0.25, 0.3) is 0 Å². The van der Waals surface area contributed by atoms with E-state index in [1.165, 1.54) is 19.3 Å². The first-order valence-electron chi connectivity index (χ1n) is 6.49. The van der Waals surface area contributed by atoms with E-state index in [1.807, 2.05) is 0 Å². The zero-order valence-electron chi connectivity index (χ0n) is 9.74. The third-order valence-corrected chi connectivity index (χ3v) is 3.91. The van der Waals surface area contributed by atoms with Gasteiger partial charge in [0, 0.05) is 25.4 Å². The van der Waals surface area contributed by atoms with Gasteiger partial charge in [-0.05, 0) is 12.8 Å². The summed E-state index contributed by atoms with van der Waals surface area (Å²) < 4.78 is 17.2. The fourth-order valence-corrected chi connectivity index (χ4v) is 2.57. The maximum Gasteiger partial charge on any atom is 0.173 e. The Morgan fingerprint density at radius 1 is 1.19 bits per heavy atom. The minimum atomic E-state index is -0.315. The van der Waals surface area contributed by atoms with Gasteiger partial charge in [-0.1, -0.05) is 6.42 Å². The first-order valence-corrected chi connectivity index (χ1v) is 6.49. The summed E-state index contributed by atoms with van der Waals surface area (Å²) in [5, 5.41) is 3.55. The Labute approximate surface area is 96.6 Å². The highest BCUT2D eigenvalue weighted by atomic mass is 16.7. The third kappa shape index (κ3) is 2.25. The molecule has 2 heterocycles. The van der Waals surface area contributed by atoms with Crippen LogP contribution in [0, 0.1) is 0 Å². The van der Waals surface area contributed by atoms with Crippen molar-refractivity contribution in [1.82, 2.24) is 5.32 Å². The molecule has 0 aromatic heterocycles. The first-order chi connectivity index (χ1) is 7.86. The van der Waals surface area contributed by atoms with E-state index in [-0.39, 0.29) is 11.9 Å². The van der Waals surface area contributed by atoms with Gasteiger partial charge in [-0.15, -0.1) is 0 Å². The second-order valence-electron chi connectivity index (χ2n) is 5.11. The molecule has 4 heteroatoms. The van der Waals surface area contributed by atoms with Crippen molar-refractivity contribution in [3.63, 3.8) is 0 Å². The average molecular weight is 227 g/mol. The van der Waals surface area contributed by atoms with Crippen LogP contribution >= 0.6 is 0 Å². The normalized spacial score (nSPS) is 34.1. The number of rotatable bonds is 3. The Bertz CT molecular complexity index is 236. The predicted octanol–water partition coefficient (Wildman–Crippen LogP) is 1.05. The molecule has 92 valence electrons. The first kappa shape index (κ1) is 11.0. The Balaban J connectivity index is 1.44. The van der Waals surface area contributed by atoms with Crippen molar-refractivity contribution in [2.75, 3.05) is 26.4 Å². The second kappa shape index (κ2) is 4.61. The highest BCUT2D eigenvalue weighted by molar-refractivity contribution is 4.84. The smallest absolute Gasteiger partial charge is 0.173 e. The van der Waals surface area contributed by atoms with Crippen molar-refractivity contribution in [2.24, 2.45) is 0 Å². The number of hydrogen-bond donors (Lipinski definition) is 1. The van der Waals surface area contributed by atoms with E-state index in [1.54, 1.807) is 0 Å². The van der Waals surface area contributed by atoms with Crippen LogP contribution in [0.25, 0.3) is 0 Å². The molecule has 0 bridgehead atoms. The highest BCUT2D eigenvalue weighted by Gasteiger charge is 2.42. The van der Waals surface area contributed by atoms with Gasteiger partial charge in [-0.25, -0.2) is 0 Å². The molecular weight excluding hydrogens is 206 g/mol. The lowest BCUT2D eigenvalue weighted by molar-refractivity contribution is -0.210. The topological polar surface area (TPSA) is 39.7 Å². The van der Waals surface area contributed by atoms with Gasteiger partial charge in [-0.3, -0.25) is 0 Å². The van der Waals surface area contributed by atoms with E-state index in [2.05, 4.69) is 5.32 Å². The standard InChI is InChI=1S/C12H21NO3/c1-2-10(3-1)13-8-11-9-15-12(16-11)4-6-14-7-5-12/h10-11,13H,1-9H2. The van der Waals surface area contributed by atoms with Crippen LogP contribution in [0.3, 0.4) is 0 Å². The summed E-state index contributed by atoms with van der Waals surface area (Å²) in [4.78, 5) is 0. The lowest BCUT2D eigenvalue weighted by Crippen LogP contribution is -2.42. The molecule has 2 aliphatic heterocycles. The van der Waals surface area contributed by atoms with Crippen molar-refractivity contribution in [3.8, 4) is 0 Å². The molecule has 1 spiro atoms. The van der Waals surface area contributed by atoms with Gasteiger partial charge in [-0.2, -0.15) is 0 Å².